The van der Waals surface area contributed by atoms with E-state index in [1.807, 2.05) is 30.3 Å². The number of fused-ring (bicyclic) bond motifs is 2. The molecule has 1 N–H and O–H groups in total. The number of esters is 1. The predicted molar refractivity (Wildman–Crippen MR) is 88.5 cm³/mol. The van der Waals surface area contributed by atoms with Crippen LogP contribution in [0.25, 0.3) is 0 Å². The molecule has 1 unspecified atom stereocenters. The third-order valence-corrected chi connectivity index (χ3v) is 4.32. The lowest BCUT2D eigenvalue weighted by Gasteiger charge is -2.11. The van der Waals surface area contributed by atoms with Gasteiger partial charge in [0.15, 0.2) is 11.5 Å². The van der Waals surface area contributed by atoms with Gasteiger partial charge in [-0.15, -0.1) is 0 Å². The normalized spacial score (nSPS) is 17.1. The van der Waals surface area contributed by atoms with Crippen molar-refractivity contribution in [2.45, 2.75) is 18.9 Å². The Morgan fingerprint density at radius 2 is 1.96 bits per heavy atom. The zero-order chi connectivity index (χ0) is 17.2. The van der Waals surface area contributed by atoms with E-state index in [0.29, 0.717) is 18.5 Å². The Kier molecular flexibility index (Phi) is 4.01. The van der Waals surface area contributed by atoms with Gasteiger partial charge in [0.2, 0.25) is 12.7 Å². The average molecular weight is 339 g/mol. The zero-order valence-electron chi connectivity index (χ0n) is 13.5. The molecule has 0 radical (unpaired) electrons. The van der Waals surface area contributed by atoms with Crippen molar-refractivity contribution in [1.82, 2.24) is 5.32 Å². The van der Waals surface area contributed by atoms with E-state index in [9.17, 15) is 9.59 Å². The van der Waals surface area contributed by atoms with Crippen LogP contribution in [0.5, 0.6) is 11.5 Å². The summed E-state index contributed by atoms with van der Waals surface area (Å²) >= 11 is 0. The quantitative estimate of drug-likeness (QED) is 0.847. The van der Waals surface area contributed by atoms with Crippen molar-refractivity contribution in [3.8, 4) is 11.5 Å². The first-order valence-electron chi connectivity index (χ1n) is 8.16. The fraction of sp³-hybridized carbons (Fsp3) is 0.263. The zero-order valence-corrected chi connectivity index (χ0v) is 13.5. The summed E-state index contributed by atoms with van der Waals surface area (Å²) in [6.07, 6.45) is 0.307. The van der Waals surface area contributed by atoms with Crippen LogP contribution in [0, 0.1) is 0 Å². The van der Waals surface area contributed by atoms with Crippen molar-refractivity contribution in [3.63, 3.8) is 0 Å². The van der Waals surface area contributed by atoms with Crippen LogP contribution in [0.2, 0.25) is 0 Å². The first kappa shape index (κ1) is 15.5. The molecule has 2 heterocycles. The van der Waals surface area contributed by atoms with Crippen LogP contribution in [-0.4, -0.2) is 25.2 Å². The predicted octanol–water partition coefficient (Wildman–Crippen LogP) is 2.38. The van der Waals surface area contributed by atoms with Gasteiger partial charge in [-0.05, 0) is 30.2 Å². The molecule has 2 aliphatic heterocycles. The molecule has 2 aromatic carbocycles. The van der Waals surface area contributed by atoms with Crippen molar-refractivity contribution in [2.24, 2.45) is 0 Å². The summed E-state index contributed by atoms with van der Waals surface area (Å²) < 4.78 is 15.9. The van der Waals surface area contributed by atoms with Crippen molar-refractivity contribution < 1.29 is 23.8 Å². The van der Waals surface area contributed by atoms with E-state index in [-0.39, 0.29) is 25.1 Å². The van der Waals surface area contributed by atoms with E-state index < -0.39 is 6.10 Å². The minimum Gasteiger partial charge on any atom is -0.454 e. The Morgan fingerprint density at radius 1 is 1.12 bits per heavy atom. The molecule has 1 amide bonds. The summed E-state index contributed by atoms with van der Waals surface area (Å²) in [5.41, 5.74) is 2.38. The van der Waals surface area contributed by atoms with E-state index in [1.165, 1.54) is 0 Å². The van der Waals surface area contributed by atoms with E-state index in [1.54, 1.807) is 12.1 Å². The van der Waals surface area contributed by atoms with Crippen molar-refractivity contribution >= 4 is 11.9 Å². The average Bonchev–Trinajstić information content (AvgIpc) is 3.20. The molecule has 4 rings (SSSR count). The molecule has 1 atom stereocenters. The number of rotatable bonds is 5. The molecule has 0 aliphatic carbocycles. The second-order valence-corrected chi connectivity index (χ2v) is 5.97. The first-order valence-corrected chi connectivity index (χ1v) is 8.16. The lowest BCUT2D eigenvalue weighted by Crippen LogP contribution is -2.27. The number of carbonyl (C=O) groups is 2. The minimum absolute atomic E-state index is 0.129. The molecule has 6 heteroatoms. The number of benzene rings is 2. The van der Waals surface area contributed by atoms with Gasteiger partial charge in [0.05, 0.1) is 12.0 Å². The lowest BCUT2D eigenvalue weighted by atomic mass is 10.0. The Hall–Kier alpha value is -3.02. The van der Waals surface area contributed by atoms with E-state index >= 15 is 0 Å². The van der Waals surface area contributed by atoms with Crippen LogP contribution >= 0.6 is 0 Å². The van der Waals surface area contributed by atoms with E-state index in [0.717, 1.165) is 22.6 Å². The molecular weight excluding hydrogens is 322 g/mol. The highest BCUT2D eigenvalue weighted by atomic mass is 16.7. The van der Waals surface area contributed by atoms with Gasteiger partial charge in [0.1, 0.15) is 6.10 Å². The van der Waals surface area contributed by atoms with E-state index in [2.05, 4.69) is 5.32 Å². The molecule has 0 aromatic heterocycles. The molecular formula is C19H17NO5. The molecule has 0 fully saturated rings. The summed E-state index contributed by atoms with van der Waals surface area (Å²) in [6, 6.07) is 12.9. The maximum atomic E-state index is 12.1. The van der Waals surface area contributed by atoms with Crippen LogP contribution in [0.4, 0.5) is 0 Å². The second kappa shape index (κ2) is 6.47. The summed E-state index contributed by atoms with van der Waals surface area (Å²) in [5.74, 6) is 0.969. The molecule has 128 valence electrons. The van der Waals surface area contributed by atoms with Crippen LogP contribution in [0.15, 0.2) is 42.5 Å². The molecule has 0 saturated carbocycles. The van der Waals surface area contributed by atoms with Gasteiger partial charge in [-0.3, -0.25) is 4.79 Å². The highest BCUT2D eigenvalue weighted by molar-refractivity contribution is 5.94. The van der Waals surface area contributed by atoms with Gasteiger partial charge in [-0.25, -0.2) is 4.79 Å². The topological polar surface area (TPSA) is 73.9 Å². The SMILES string of the molecule is O=C(CC1OC(=O)c2ccccc21)NCCc1ccc2c(c1)OCO2. The molecule has 6 nitrogen and oxygen atoms in total. The Labute approximate surface area is 144 Å². The Bertz CT molecular complexity index is 832. The first-order chi connectivity index (χ1) is 12.2. The number of hydrogen-bond donors (Lipinski definition) is 1. The van der Waals surface area contributed by atoms with Crippen LogP contribution in [-0.2, 0) is 16.0 Å². The molecule has 2 aliphatic rings. The maximum Gasteiger partial charge on any atom is 0.339 e. The minimum atomic E-state index is -0.505. The number of ether oxygens (including phenoxy) is 3. The van der Waals surface area contributed by atoms with Crippen LogP contribution < -0.4 is 14.8 Å². The molecule has 0 saturated heterocycles. The Balaban J connectivity index is 1.29. The molecule has 0 bridgehead atoms. The van der Waals surface area contributed by atoms with Gasteiger partial charge in [0, 0.05) is 12.1 Å². The van der Waals surface area contributed by atoms with Crippen molar-refractivity contribution in [3.05, 3.63) is 59.2 Å². The molecule has 0 spiro atoms. The number of amides is 1. The summed E-state index contributed by atoms with van der Waals surface area (Å²) in [5, 5.41) is 2.87. The van der Waals surface area contributed by atoms with Gasteiger partial charge < -0.3 is 19.5 Å². The van der Waals surface area contributed by atoms with Crippen molar-refractivity contribution in [2.75, 3.05) is 13.3 Å². The number of hydrogen-bond acceptors (Lipinski definition) is 5. The number of cyclic esters (lactones) is 1. The standard InChI is InChI=1S/C19H17NO5/c21-18(10-16-13-3-1-2-4-14(13)19(22)25-16)20-8-7-12-5-6-15-17(9-12)24-11-23-15/h1-6,9,16H,7-8,10-11H2,(H,20,21). The highest BCUT2D eigenvalue weighted by Crippen LogP contribution is 2.33. The monoisotopic (exact) mass is 339 g/mol. The summed E-state index contributed by atoms with van der Waals surface area (Å²) in [6.45, 7) is 0.748. The van der Waals surface area contributed by atoms with Gasteiger partial charge in [0.25, 0.3) is 0 Å². The fourth-order valence-electron chi connectivity index (χ4n) is 3.05. The second-order valence-electron chi connectivity index (χ2n) is 5.97. The maximum absolute atomic E-state index is 12.1. The van der Waals surface area contributed by atoms with Crippen LogP contribution in [0.1, 0.15) is 34.0 Å². The largest absolute Gasteiger partial charge is 0.454 e. The van der Waals surface area contributed by atoms with Gasteiger partial charge in [-0.2, -0.15) is 0 Å². The highest BCUT2D eigenvalue weighted by Gasteiger charge is 2.31. The Morgan fingerprint density at radius 3 is 2.88 bits per heavy atom. The molecule has 25 heavy (non-hydrogen) atoms. The van der Waals surface area contributed by atoms with E-state index in [4.69, 9.17) is 14.2 Å². The van der Waals surface area contributed by atoms with Gasteiger partial charge in [-0.1, -0.05) is 24.3 Å². The summed E-state index contributed by atoms with van der Waals surface area (Å²) in [7, 11) is 0. The summed E-state index contributed by atoms with van der Waals surface area (Å²) in [4.78, 5) is 23.9. The third kappa shape index (κ3) is 3.15. The third-order valence-electron chi connectivity index (χ3n) is 4.32. The van der Waals surface area contributed by atoms with Gasteiger partial charge >= 0.3 is 5.97 Å². The van der Waals surface area contributed by atoms with Crippen molar-refractivity contribution in [1.29, 1.82) is 0 Å². The smallest absolute Gasteiger partial charge is 0.339 e. The number of carbonyl (C=O) groups excluding carboxylic acids is 2. The fourth-order valence-corrected chi connectivity index (χ4v) is 3.05. The number of nitrogens with one attached hydrogen (secondary N) is 1. The lowest BCUT2D eigenvalue weighted by molar-refractivity contribution is -0.122. The molecule has 2 aromatic rings. The van der Waals surface area contributed by atoms with Crippen LogP contribution in [0.3, 0.4) is 0 Å².